The van der Waals surface area contributed by atoms with Crippen LogP contribution in [0.1, 0.15) is 40.0 Å². The first-order chi connectivity index (χ1) is 5.74. The van der Waals surface area contributed by atoms with Crippen molar-refractivity contribution in [2.24, 2.45) is 5.92 Å². The van der Waals surface area contributed by atoms with Crippen molar-refractivity contribution in [3.8, 4) is 11.8 Å². The second-order valence-electron chi connectivity index (χ2n) is 3.37. The van der Waals surface area contributed by atoms with Gasteiger partial charge in [-0.05, 0) is 26.3 Å². The second-order valence-corrected chi connectivity index (χ2v) is 3.37. The highest BCUT2D eigenvalue weighted by Crippen LogP contribution is 2.11. The van der Waals surface area contributed by atoms with Crippen molar-refractivity contribution in [1.82, 2.24) is 5.32 Å². The topological polar surface area (TPSA) is 12.0 Å². The molecular weight excluding hydrogens is 146 g/mol. The molecule has 0 amide bonds. The molecule has 0 bridgehead atoms. The van der Waals surface area contributed by atoms with Crippen LogP contribution in [0.25, 0.3) is 0 Å². The maximum Gasteiger partial charge on any atom is 0.0243 e. The molecule has 1 heteroatoms. The van der Waals surface area contributed by atoms with E-state index in [1.165, 1.54) is 12.8 Å². The van der Waals surface area contributed by atoms with Crippen molar-refractivity contribution in [2.75, 3.05) is 7.05 Å². The van der Waals surface area contributed by atoms with E-state index in [1.807, 2.05) is 14.0 Å². The predicted molar refractivity (Wildman–Crippen MR) is 55.0 cm³/mol. The van der Waals surface area contributed by atoms with Crippen molar-refractivity contribution in [3.63, 3.8) is 0 Å². The Labute approximate surface area is 76.9 Å². The van der Waals surface area contributed by atoms with Crippen LogP contribution in [-0.4, -0.2) is 13.1 Å². The summed E-state index contributed by atoms with van der Waals surface area (Å²) < 4.78 is 0. The first kappa shape index (κ1) is 11.5. The minimum absolute atomic E-state index is 0.576. The number of hydrogen-bond acceptors (Lipinski definition) is 1. The zero-order chi connectivity index (χ0) is 9.40. The van der Waals surface area contributed by atoms with Crippen LogP contribution in [0.15, 0.2) is 0 Å². The average molecular weight is 167 g/mol. The molecule has 0 radical (unpaired) electrons. The molecule has 1 N–H and O–H groups in total. The lowest BCUT2D eigenvalue weighted by atomic mass is 9.98. The summed E-state index contributed by atoms with van der Waals surface area (Å²) in [5.41, 5.74) is 0. The molecule has 0 spiro atoms. The predicted octanol–water partition coefficient (Wildman–Crippen LogP) is 2.42. The summed E-state index contributed by atoms with van der Waals surface area (Å²) in [4.78, 5) is 0. The zero-order valence-electron chi connectivity index (χ0n) is 8.78. The maximum absolute atomic E-state index is 3.30. The number of rotatable bonds is 5. The van der Waals surface area contributed by atoms with Crippen molar-refractivity contribution < 1.29 is 0 Å². The third-order valence-corrected chi connectivity index (χ3v) is 2.32. The van der Waals surface area contributed by atoms with Gasteiger partial charge in [0.25, 0.3) is 0 Å². The smallest absolute Gasteiger partial charge is 0.0243 e. The Bertz CT molecular complexity index is 152. The van der Waals surface area contributed by atoms with Crippen molar-refractivity contribution in [2.45, 2.75) is 46.1 Å². The van der Waals surface area contributed by atoms with Crippen LogP contribution in [0, 0.1) is 17.8 Å². The van der Waals surface area contributed by atoms with E-state index in [0.29, 0.717) is 6.04 Å². The minimum Gasteiger partial charge on any atom is -0.316 e. The fourth-order valence-corrected chi connectivity index (χ4v) is 1.18. The van der Waals surface area contributed by atoms with Gasteiger partial charge in [0.1, 0.15) is 0 Å². The van der Waals surface area contributed by atoms with E-state index in [4.69, 9.17) is 0 Å². The monoisotopic (exact) mass is 167 g/mol. The highest BCUT2D eigenvalue weighted by Gasteiger charge is 2.07. The SMILES string of the molecule is CC#CCC(CC(C)CC)NC. The van der Waals surface area contributed by atoms with Crippen LogP contribution in [-0.2, 0) is 0 Å². The molecule has 70 valence electrons. The van der Waals surface area contributed by atoms with E-state index in [0.717, 1.165) is 12.3 Å². The van der Waals surface area contributed by atoms with Gasteiger partial charge in [-0.25, -0.2) is 0 Å². The van der Waals surface area contributed by atoms with Gasteiger partial charge in [-0.1, -0.05) is 20.3 Å². The first-order valence-electron chi connectivity index (χ1n) is 4.81. The molecular formula is C11H21N. The molecule has 0 fully saturated rings. The van der Waals surface area contributed by atoms with Crippen LogP contribution in [0.4, 0.5) is 0 Å². The molecule has 0 aliphatic heterocycles. The molecule has 0 aromatic carbocycles. The zero-order valence-corrected chi connectivity index (χ0v) is 8.78. The molecule has 12 heavy (non-hydrogen) atoms. The van der Waals surface area contributed by atoms with Crippen LogP contribution < -0.4 is 5.32 Å². The summed E-state index contributed by atoms with van der Waals surface area (Å²) in [7, 11) is 2.02. The summed E-state index contributed by atoms with van der Waals surface area (Å²) in [5, 5.41) is 3.30. The van der Waals surface area contributed by atoms with Crippen LogP contribution in [0.5, 0.6) is 0 Å². The van der Waals surface area contributed by atoms with Gasteiger partial charge in [0.05, 0.1) is 0 Å². The highest BCUT2D eigenvalue weighted by atomic mass is 14.9. The molecule has 0 aromatic heterocycles. The summed E-state index contributed by atoms with van der Waals surface area (Å²) in [5.74, 6) is 6.86. The van der Waals surface area contributed by atoms with E-state index < -0.39 is 0 Å². The quantitative estimate of drug-likeness (QED) is 0.620. The Balaban J connectivity index is 3.71. The third-order valence-electron chi connectivity index (χ3n) is 2.32. The molecule has 2 unspecified atom stereocenters. The van der Waals surface area contributed by atoms with Gasteiger partial charge in [-0.3, -0.25) is 0 Å². The van der Waals surface area contributed by atoms with Gasteiger partial charge in [0, 0.05) is 12.5 Å². The summed E-state index contributed by atoms with van der Waals surface area (Å²) in [6.07, 6.45) is 3.48. The van der Waals surface area contributed by atoms with Gasteiger partial charge < -0.3 is 5.32 Å². The van der Waals surface area contributed by atoms with E-state index in [9.17, 15) is 0 Å². The second kappa shape index (κ2) is 7.18. The van der Waals surface area contributed by atoms with Gasteiger partial charge >= 0.3 is 0 Å². The Morgan fingerprint density at radius 1 is 1.42 bits per heavy atom. The van der Waals surface area contributed by atoms with Crippen LogP contribution >= 0.6 is 0 Å². The lowest BCUT2D eigenvalue weighted by Gasteiger charge is -2.17. The molecule has 0 rings (SSSR count). The molecule has 0 saturated heterocycles. The van der Waals surface area contributed by atoms with Gasteiger partial charge in [-0.15, -0.1) is 11.8 Å². The molecule has 1 nitrogen and oxygen atoms in total. The van der Waals surface area contributed by atoms with E-state index >= 15 is 0 Å². The summed E-state index contributed by atoms with van der Waals surface area (Å²) >= 11 is 0. The summed E-state index contributed by atoms with van der Waals surface area (Å²) in [6.45, 7) is 6.43. The Morgan fingerprint density at radius 2 is 2.08 bits per heavy atom. The lowest BCUT2D eigenvalue weighted by molar-refractivity contribution is 0.417. The molecule has 0 aromatic rings. The normalized spacial score (nSPS) is 14.7. The maximum atomic E-state index is 3.30. The van der Waals surface area contributed by atoms with E-state index in [-0.39, 0.29) is 0 Å². The number of nitrogens with one attached hydrogen (secondary N) is 1. The van der Waals surface area contributed by atoms with Gasteiger partial charge in [0.15, 0.2) is 0 Å². The van der Waals surface area contributed by atoms with Crippen molar-refractivity contribution >= 4 is 0 Å². The van der Waals surface area contributed by atoms with Crippen LogP contribution in [0.3, 0.4) is 0 Å². The minimum atomic E-state index is 0.576. The molecule has 0 aliphatic carbocycles. The first-order valence-corrected chi connectivity index (χ1v) is 4.81. The fourth-order valence-electron chi connectivity index (χ4n) is 1.18. The Hall–Kier alpha value is -0.480. The lowest BCUT2D eigenvalue weighted by Crippen LogP contribution is -2.26. The number of hydrogen-bond donors (Lipinski definition) is 1. The Kier molecular flexibility index (Phi) is 6.90. The van der Waals surface area contributed by atoms with E-state index in [2.05, 4.69) is 31.0 Å². The van der Waals surface area contributed by atoms with Crippen LogP contribution in [0.2, 0.25) is 0 Å². The van der Waals surface area contributed by atoms with Gasteiger partial charge in [0.2, 0.25) is 0 Å². The summed E-state index contributed by atoms with van der Waals surface area (Å²) in [6, 6.07) is 0.576. The van der Waals surface area contributed by atoms with Crippen molar-refractivity contribution in [3.05, 3.63) is 0 Å². The Morgan fingerprint density at radius 3 is 2.50 bits per heavy atom. The standard InChI is InChI=1S/C11H21N/c1-5-7-8-11(12-4)9-10(3)6-2/h10-12H,6,8-9H2,1-4H3. The van der Waals surface area contributed by atoms with Crippen molar-refractivity contribution in [1.29, 1.82) is 0 Å². The third kappa shape index (κ3) is 5.21. The fraction of sp³-hybridized carbons (Fsp3) is 0.818. The van der Waals surface area contributed by atoms with E-state index in [1.54, 1.807) is 0 Å². The molecule has 2 atom stereocenters. The molecule has 0 heterocycles. The largest absolute Gasteiger partial charge is 0.316 e. The van der Waals surface area contributed by atoms with Gasteiger partial charge in [-0.2, -0.15) is 0 Å². The molecule has 0 saturated carbocycles. The molecule has 0 aliphatic rings. The highest BCUT2D eigenvalue weighted by molar-refractivity contribution is 4.98. The average Bonchev–Trinajstić information content (AvgIpc) is 2.11.